The Kier molecular flexibility index (Phi) is 6.40. The van der Waals surface area contributed by atoms with Gasteiger partial charge in [0, 0.05) is 55.7 Å². The van der Waals surface area contributed by atoms with Crippen molar-refractivity contribution in [3.63, 3.8) is 0 Å². The predicted octanol–water partition coefficient (Wildman–Crippen LogP) is 5.34. The van der Waals surface area contributed by atoms with Crippen LogP contribution in [0.1, 0.15) is 37.3 Å². The van der Waals surface area contributed by atoms with Gasteiger partial charge in [0.15, 0.2) is 0 Å². The molecule has 4 N–H and O–H groups in total. The Morgan fingerprint density at radius 3 is 2.42 bits per heavy atom. The number of anilines is 3. The monoisotopic (exact) mass is 535 g/mol. The number of benzene rings is 2. The Bertz CT molecular complexity index is 1640. The number of hydrogen-bond acceptors (Lipinski definition) is 7. The van der Waals surface area contributed by atoms with E-state index in [0.717, 1.165) is 63.2 Å². The highest BCUT2D eigenvalue weighted by Gasteiger charge is 2.30. The van der Waals surface area contributed by atoms with Crippen LogP contribution in [0.5, 0.6) is 0 Å². The van der Waals surface area contributed by atoms with E-state index in [1.807, 2.05) is 12.1 Å². The van der Waals surface area contributed by atoms with Crippen LogP contribution >= 0.6 is 0 Å². The predicted molar refractivity (Wildman–Crippen MR) is 162 cm³/mol. The Labute approximate surface area is 234 Å². The molecule has 3 aromatic heterocycles. The molecular weight excluding hydrogens is 498 g/mol. The summed E-state index contributed by atoms with van der Waals surface area (Å²) in [5, 5.41) is 4.35. The van der Waals surface area contributed by atoms with E-state index >= 15 is 0 Å². The fraction of sp³-hybridized carbons (Fsp3) is 0.387. The third-order valence-corrected chi connectivity index (χ3v) is 8.93. The van der Waals surface area contributed by atoms with E-state index < -0.39 is 0 Å². The number of aromatic nitrogens is 5. The lowest BCUT2D eigenvalue weighted by Crippen LogP contribution is -2.49. The number of aromatic amines is 1. The second kappa shape index (κ2) is 10.2. The number of nitrogens with one attached hydrogen (secondary N) is 2. The van der Waals surface area contributed by atoms with Crippen molar-refractivity contribution < 1.29 is 0 Å². The second-order valence-corrected chi connectivity index (χ2v) is 11.5. The quantitative estimate of drug-likeness (QED) is 0.279. The Hall–Kier alpha value is -3.95. The first-order valence-electron chi connectivity index (χ1n) is 14.4. The van der Waals surface area contributed by atoms with Gasteiger partial charge >= 0.3 is 0 Å². The fourth-order valence-electron chi connectivity index (χ4n) is 6.60. The number of para-hydroxylation sites is 1. The number of hydrogen-bond donors (Lipinski definition) is 3. The molecule has 1 saturated heterocycles. The second-order valence-electron chi connectivity index (χ2n) is 11.5. The van der Waals surface area contributed by atoms with Gasteiger partial charge < -0.3 is 25.5 Å². The highest BCUT2D eigenvalue weighted by Crippen LogP contribution is 2.39. The average Bonchev–Trinajstić information content (AvgIpc) is 3.57. The topological polar surface area (TPSA) is 104 Å². The van der Waals surface area contributed by atoms with Crippen LogP contribution < -0.4 is 11.1 Å². The summed E-state index contributed by atoms with van der Waals surface area (Å²) >= 11 is 0. The van der Waals surface area contributed by atoms with Gasteiger partial charge in [-0.25, -0.2) is 15.0 Å². The third-order valence-electron chi connectivity index (χ3n) is 8.93. The first-order chi connectivity index (χ1) is 19.5. The molecule has 9 heteroatoms. The molecule has 7 rings (SSSR count). The van der Waals surface area contributed by atoms with Crippen LogP contribution in [0.25, 0.3) is 33.2 Å². The van der Waals surface area contributed by atoms with Crippen LogP contribution in [0.15, 0.2) is 55.0 Å². The number of H-pyrrole nitrogens is 1. The molecule has 0 bridgehead atoms. The standard InChI is InChI=1S/C31H37N9/c1-20-4-3-5-26-28(20)37-31(36-26)35-22-8-6-21(7-9-22)25-18-40(30-27(25)29(32)33-19-34-30)24-12-10-23(11-13-24)39-16-14-38(2)15-17-39/h3-9,18-19,23-24H,10-17H2,1-2H3,(H2,32,33,34)(H2,35,36,37)/t23-,24+. The first kappa shape index (κ1) is 25.0. The molecule has 0 amide bonds. The zero-order chi connectivity index (χ0) is 27.2. The number of imidazole rings is 1. The van der Waals surface area contributed by atoms with Crippen LogP contribution in [0, 0.1) is 6.92 Å². The van der Waals surface area contributed by atoms with Gasteiger partial charge in [-0.2, -0.15) is 0 Å². The molecule has 4 heterocycles. The minimum atomic E-state index is 0.423. The van der Waals surface area contributed by atoms with E-state index in [9.17, 15) is 0 Å². The van der Waals surface area contributed by atoms with E-state index in [1.54, 1.807) is 6.33 Å². The van der Waals surface area contributed by atoms with Gasteiger partial charge in [-0.1, -0.05) is 24.3 Å². The number of likely N-dealkylation sites (N-methyl/N-ethyl adjacent to an activating group) is 1. The lowest BCUT2D eigenvalue weighted by Gasteiger charge is -2.41. The van der Waals surface area contributed by atoms with Crippen molar-refractivity contribution in [2.75, 3.05) is 44.3 Å². The van der Waals surface area contributed by atoms with Crippen molar-refractivity contribution in [1.82, 2.24) is 34.3 Å². The van der Waals surface area contributed by atoms with Crippen molar-refractivity contribution in [2.45, 2.75) is 44.7 Å². The van der Waals surface area contributed by atoms with E-state index in [0.29, 0.717) is 17.9 Å². The molecule has 5 aromatic rings. The lowest BCUT2D eigenvalue weighted by molar-refractivity contribution is 0.0828. The van der Waals surface area contributed by atoms with Crippen LogP contribution in [-0.2, 0) is 0 Å². The van der Waals surface area contributed by atoms with Crippen molar-refractivity contribution in [3.8, 4) is 11.1 Å². The smallest absolute Gasteiger partial charge is 0.205 e. The van der Waals surface area contributed by atoms with E-state index in [2.05, 4.69) is 80.2 Å². The fourth-order valence-corrected chi connectivity index (χ4v) is 6.60. The molecule has 0 spiro atoms. The summed E-state index contributed by atoms with van der Waals surface area (Å²) < 4.78 is 2.37. The van der Waals surface area contributed by atoms with Gasteiger partial charge in [0.25, 0.3) is 0 Å². The molecule has 0 atom stereocenters. The molecule has 0 radical (unpaired) electrons. The average molecular weight is 536 g/mol. The van der Waals surface area contributed by atoms with Crippen LogP contribution in [0.4, 0.5) is 17.5 Å². The molecule has 1 aliphatic heterocycles. The Balaban J connectivity index is 1.12. The number of nitrogens with two attached hydrogens (primary N) is 1. The Morgan fingerprint density at radius 2 is 1.68 bits per heavy atom. The van der Waals surface area contributed by atoms with Crippen molar-refractivity contribution in [1.29, 1.82) is 0 Å². The molecule has 2 aliphatic rings. The Morgan fingerprint density at radius 1 is 0.925 bits per heavy atom. The molecule has 2 aromatic carbocycles. The number of nitrogen functional groups attached to an aromatic ring is 1. The van der Waals surface area contributed by atoms with Crippen molar-refractivity contribution in [3.05, 3.63) is 60.6 Å². The number of piperazine rings is 1. The van der Waals surface area contributed by atoms with Crippen LogP contribution in [-0.4, -0.2) is 73.6 Å². The molecule has 9 nitrogen and oxygen atoms in total. The van der Waals surface area contributed by atoms with Gasteiger partial charge in [0.05, 0.1) is 16.4 Å². The summed E-state index contributed by atoms with van der Waals surface area (Å²) in [5.41, 5.74) is 13.7. The zero-order valence-corrected chi connectivity index (χ0v) is 23.3. The van der Waals surface area contributed by atoms with Crippen molar-refractivity contribution >= 4 is 39.5 Å². The maximum Gasteiger partial charge on any atom is 0.205 e. The number of nitrogens with zero attached hydrogens (tertiary/aromatic N) is 6. The van der Waals surface area contributed by atoms with Gasteiger partial charge in [-0.3, -0.25) is 4.90 Å². The molecule has 0 unspecified atom stereocenters. The highest BCUT2D eigenvalue weighted by molar-refractivity contribution is 6.00. The van der Waals surface area contributed by atoms with E-state index in [-0.39, 0.29) is 0 Å². The largest absolute Gasteiger partial charge is 0.383 e. The summed E-state index contributed by atoms with van der Waals surface area (Å²) in [6.45, 7) is 6.80. The summed E-state index contributed by atoms with van der Waals surface area (Å²) in [6.07, 6.45) is 8.61. The molecular formula is C31H37N9. The summed E-state index contributed by atoms with van der Waals surface area (Å²) in [5.74, 6) is 1.27. The minimum absolute atomic E-state index is 0.423. The molecule has 2 fully saturated rings. The third kappa shape index (κ3) is 4.59. The molecule has 206 valence electrons. The van der Waals surface area contributed by atoms with E-state index in [4.69, 9.17) is 15.7 Å². The highest BCUT2D eigenvalue weighted by atomic mass is 15.3. The number of fused-ring (bicyclic) bond motifs is 2. The summed E-state index contributed by atoms with van der Waals surface area (Å²) in [6, 6.07) is 15.7. The van der Waals surface area contributed by atoms with Gasteiger partial charge in [0.2, 0.25) is 5.95 Å². The molecule has 40 heavy (non-hydrogen) atoms. The van der Waals surface area contributed by atoms with Gasteiger partial charge in [-0.15, -0.1) is 0 Å². The minimum Gasteiger partial charge on any atom is -0.383 e. The normalized spacial score (nSPS) is 20.9. The maximum absolute atomic E-state index is 6.45. The SMILES string of the molecule is Cc1cccc2[nH]c(Nc3ccc(-c4cn([C@H]5CC[C@@H](N6CCN(C)CC6)CC5)c5ncnc(N)c45)cc3)nc12. The van der Waals surface area contributed by atoms with E-state index in [1.165, 1.54) is 39.0 Å². The van der Waals surface area contributed by atoms with Crippen molar-refractivity contribution in [2.24, 2.45) is 0 Å². The maximum atomic E-state index is 6.45. The lowest BCUT2D eigenvalue weighted by atomic mass is 9.89. The van der Waals surface area contributed by atoms with Crippen LogP contribution in [0.3, 0.4) is 0 Å². The van der Waals surface area contributed by atoms with Crippen LogP contribution in [0.2, 0.25) is 0 Å². The molecule has 1 saturated carbocycles. The van der Waals surface area contributed by atoms with Gasteiger partial charge in [0.1, 0.15) is 17.8 Å². The molecule has 1 aliphatic carbocycles. The summed E-state index contributed by atoms with van der Waals surface area (Å²) in [4.78, 5) is 22.3. The summed E-state index contributed by atoms with van der Waals surface area (Å²) in [7, 11) is 2.22. The van der Waals surface area contributed by atoms with Gasteiger partial charge in [-0.05, 0) is 69.0 Å². The zero-order valence-electron chi connectivity index (χ0n) is 23.3. The number of aryl methyl sites for hydroxylation is 1. The number of rotatable bonds is 5. The first-order valence-corrected chi connectivity index (χ1v) is 14.4.